The molecule has 0 aliphatic heterocycles. The Bertz CT molecular complexity index is 1110. The average Bonchev–Trinajstić information content (AvgIpc) is 2.72. The fourth-order valence-corrected chi connectivity index (χ4v) is 4.55. The van der Waals surface area contributed by atoms with Crippen molar-refractivity contribution in [1.82, 2.24) is 4.31 Å². The predicted molar refractivity (Wildman–Crippen MR) is 114 cm³/mol. The van der Waals surface area contributed by atoms with Gasteiger partial charge < -0.3 is 14.8 Å². The van der Waals surface area contributed by atoms with Gasteiger partial charge in [0.1, 0.15) is 4.90 Å². The molecule has 0 bridgehead atoms. The molecule has 0 saturated heterocycles. The molecular weight excluding hydrogens is 473 g/mol. The predicted octanol–water partition coefficient (Wildman–Crippen LogP) is 4.19. The minimum absolute atomic E-state index is 0.292. The van der Waals surface area contributed by atoms with Crippen molar-refractivity contribution in [2.24, 2.45) is 0 Å². The minimum atomic E-state index is -4.77. The van der Waals surface area contributed by atoms with E-state index in [4.69, 9.17) is 21.1 Å². The normalized spacial score (nSPS) is 11.8. The summed E-state index contributed by atoms with van der Waals surface area (Å²) in [5.74, 6) is 0.00269. The molecule has 1 N–H and O–H groups in total. The van der Waals surface area contributed by atoms with Crippen molar-refractivity contribution >= 4 is 33.2 Å². The number of alkyl halides is 3. The van der Waals surface area contributed by atoms with E-state index in [2.05, 4.69) is 11.9 Å². The summed E-state index contributed by atoms with van der Waals surface area (Å²) < 4.78 is 76.1. The summed E-state index contributed by atoms with van der Waals surface area (Å²) in [5, 5.41) is 2.09. The zero-order valence-electron chi connectivity index (χ0n) is 17.1. The van der Waals surface area contributed by atoms with E-state index in [1.54, 1.807) is 0 Å². The summed E-state index contributed by atoms with van der Waals surface area (Å²) in [6.07, 6.45) is -3.58. The van der Waals surface area contributed by atoms with Gasteiger partial charge in [-0.05, 0) is 30.3 Å². The average molecular weight is 493 g/mol. The smallest absolute Gasteiger partial charge is 0.416 e. The second kappa shape index (κ2) is 10.2. The van der Waals surface area contributed by atoms with Crippen LogP contribution in [-0.4, -0.2) is 45.9 Å². The van der Waals surface area contributed by atoms with E-state index in [1.165, 1.54) is 38.5 Å². The van der Waals surface area contributed by atoms with Gasteiger partial charge in [-0.25, -0.2) is 8.42 Å². The van der Waals surface area contributed by atoms with E-state index in [1.807, 2.05) is 0 Å². The van der Waals surface area contributed by atoms with Gasteiger partial charge in [-0.1, -0.05) is 17.7 Å². The molecule has 7 nitrogen and oxygen atoms in total. The molecule has 0 heterocycles. The number of hydrogen-bond acceptors (Lipinski definition) is 5. The number of benzene rings is 2. The molecule has 0 fully saturated rings. The summed E-state index contributed by atoms with van der Waals surface area (Å²) in [5.41, 5.74) is -0.894. The zero-order chi connectivity index (χ0) is 24.1. The number of sulfonamides is 1. The Kier molecular flexibility index (Phi) is 8.16. The van der Waals surface area contributed by atoms with Gasteiger partial charge in [-0.15, -0.1) is 6.58 Å². The van der Waals surface area contributed by atoms with Gasteiger partial charge in [0.15, 0.2) is 11.5 Å². The van der Waals surface area contributed by atoms with Crippen LogP contribution in [0.2, 0.25) is 5.02 Å². The lowest BCUT2D eigenvalue weighted by Crippen LogP contribution is -2.38. The highest BCUT2D eigenvalue weighted by molar-refractivity contribution is 7.89. The maximum absolute atomic E-state index is 13.1. The number of anilines is 1. The van der Waals surface area contributed by atoms with Gasteiger partial charge in [0.05, 0.1) is 31.4 Å². The standard InChI is InChI=1S/C20H20ClF3N2O5S/c1-4-9-26(12-19(27)25-14-6-8-16(30-2)17(11-14)31-3)32(28,29)18-10-13(20(22,23)24)5-7-15(18)21/h4-8,10-11H,1,9,12H2,2-3H3,(H,25,27). The Morgan fingerprint density at radius 2 is 1.81 bits per heavy atom. The fourth-order valence-electron chi connectivity index (χ4n) is 2.68. The van der Waals surface area contributed by atoms with Crippen LogP contribution in [0.15, 0.2) is 53.9 Å². The highest BCUT2D eigenvalue weighted by Crippen LogP contribution is 2.34. The number of halogens is 4. The van der Waals surface area contributed by atoms with E-state index in [0.29, 0.717) is 33.6 Å². The zero-order valence-corrected chi connectivity index (χ0v) is 18.6. The van der Waals surface area contributed by atoms with E-state index >= 15 is 0 Å². The molecule has 0 spiro atoms. The van der Waals surface area contributed by atoms with Crippen molar-refractivity contribution < 1.29 is 35.9 Å². The number of methoxy groups -OCH3 is 2. The second-order valence-corrected chi connectivity index (χ2v) is 8.66. The number of ether oxygens (including phenoxy) is 2. The van der Waals surface area contributed by atoms with Gasteiger partial charge in [0.25, 0.3) is 0 Å². The maximum Gasteiger partial charge on any atom is 0.416 e. The SMILES string of the molecule is C=CCN(CC(=O)Nc1ccc(OC)c(OC)c1)S(=O)(=O)c1cc(C(F)(F)F)ccc1Cl. The molecule has 0 aromatic heterocycles. The Hall–Kier alpha value is -2.76. The molecule has 32 heavy (non-hydrogen) atoms. The lowest BCUT2D eigenvalue weighted by atomic mass is 10.2. The van der Waals surface area contributed by atoms with Crippen molar-refractivity contribution in [2.75, 3.05) is 32.6 Å². The third-order valence-electron chi connectivity index (χ3n) is 4.20. The lowest BCUT2D eigenvalue weighted by molar-refractivity contribution is -0.137. The molecule has 2 aromatic carbocycles. The monoisotopic (exact) mass is 492 g/mol. The molecule has 0 radical (unpaired) electrons. The van der Waals surface area contributed by atoms with Gasteiger partial charge in [0.2, 0.25) is 15.9 Å². The Morgan fingerprint density at radius 1 is 1.16 bits per heavy atom. The molecular formula is C20H20ClF3N2O5S. The van der Waals surface area contributed by atoms with Crippen LogP contribution in [0.1, 0.15) is 5.56 Å². The Balaban J connectivity index is 2.32. The third-order valence-corrected chi connectivity index (χ3v) is 6.49. The maximum atomic E-state index is 13.1. The van der Waals surface area contributed by atoms with Crippen LogP contribution in [0.3, 0.4) is 0 Å². The molecule has 0 saturated carbocycles. The largest absolute Gasteiger partial charge is 0.493 e. The first kappa shape index (κ1) is 25.5. The molecule has 174 valence electrons. The Labute approximate surface area is 188 Å². The van der Waals surface area contributed by atoms with Crippen molar-refractivity contribution in [3.63, 3.8) is 0 Å². The number of nitrogens with zero attached hydrogens (tertiary/aromatic N) is 1. The summed E-state index contributed by atoms with van der Waals surface area (Å²) in [6, 6.07) is 6.45. The molecule has 12 heteroatoms. The van der Waals surface area contributed by atoms with Crippen LogP contribution in [0.25, 0.3) is 0 Å². The topological polar surface area (TPSA) is 84.9 Å². The number of carbonyl (C=O) groups excluding carboxylic acids is 1. The van der Waals surface area contributed by atoms with Gasteiger partial charge >= 0.3 is 6.18 Å². The number of nitrogens with one attached hydrogen (secondary N) is 1. The van der Waals surface area contributed by atoms with Crippen molar-refractivity contribution in [2.45, 2.75) is 11.1 Å². The first-order valence-corrected chi connectivity index (χ1v) is 10.8. The molecule has 0 unspecified atom stereocenters. The third kappa shape index (κ3) is 5.93. The molecule has 1 amide bonds. The number of hydrogen-bond donors (Lipinski definition) is 1. The second-order valence-electron chi connectivity index (χ2n) is 6.35. The first-order chi connectivity index (χ1) is 14.9. The summed E-state index contributed by atoms with van der Waals surface area (Å²) in [6.45, 7) is 2.40. The van der Waals surface area contributed by atoms with Crippen LogP contribution >= 0.6 is 11.6 Å². The number of carbonyl (C=O) groups is 1. The summed E-state index contributed by atoms with van der Waals surface area (Å²) in [4.78, 5) is 11.7. The first-order valence-electron chi connectivity index (χ1n) is 8.93. The number of amides is 1. The van der Waals surface area contributed by atoms with E-state index < -0.39 is 44.1 Å². The van der Waals surface area contributed by atoms with Crippen LogP contribution in [-0.2, 0) is 21.0 Å². The van der Waals surface area contributed by atoms with E-state index in [0.717, 1.165) is 6.07 Å². The van der Waals surface area contributed by atoms with Crippen molar-refractivity contribution in [3.8, 4) is 11.5 Å². The van der Waals surface area contributed by atoms with E-state index in [-0.39, 0.29) is 6.54 Å². The minimum Gasteiger partial charge on any atom is -0.493 e. The van der Waals surface area contributed by atoms with E-state index in [9.17, 15) is 26.4 Å². The molecule has 2 aromatic rings. The highest BCUT2D eigenvalue weighted by atomic mass is 35.5. The molecule has 0 aliphatic rings. The van der Waals surface area contributed by atoms with Gasteiger partial charge in [0, 0.05) is 18.3 Å². The quantitative estimate of drug-likeness (QED) is 0.530. The van der Waals surface area contributed by atoms with Crippen LogP contribution < -0.4 is 14.8 Å². The van der Waals surface area contributed by atoms with Gasteiger partial charge in [-0.3, -0.25) is 4.79 Å². The van der Waals surface area contributed by atoms with Crippen LogP contribution in [0.5, 0.6) is 11.5 Å². The molecule has 2 rings (SSSR count). The Morgan fingerprint density at radius 3 is 2.38 bits per heavy atom. The summed E-state index contributed by atoms with van der Waals surface area (Å²) >= 11 is 5.88. The van der Waals surface area contributed by atoms with Crippen LogP contribution in [0.4, 0.5) is 18.9 Å². The summed E-state index contributed by atoms with van der Waals surface area (Å²) in [7, 11) is -1.72. The highest BCUT2D eigenvalue weighted by Gasteiger charge is 2.34. The molecule has 0 aliphatic carbocycles. The molecule has 0 atom stereocenters. The fraction of sp³-hybridized carbons (Fsp3) is 0.250. The van der Waals surface area contributed by atoms with Gasteiger partial charge in [-0.2, -0.15) is 17.5 Å². The van der Waals surface area contributed by atoms with Crippen LogP contribution in [0, 0.1) is 0 Å². The van der Waals surface area contributed by atoms with Crippen molar-refractivity contribution in [1.29, 1.82) is 0 Å². The van der Waals surface area contributed by atoms with Crippen molar-refractivity contribution in [3.05, 3.63) is 59.6 Å². The number of rotatable bonds is 9. The lowest BCUT2D eigenvalue weighted by Gasteiger charge is -2.22.